The molecule has 0 spiro atoms. The first-order valence-corrected chi connectivity index (χ1v) is 7.67. The van der Waals surface area contributed by atoms with Crippen LogP contribution in [0.2, 0.25) is 0 Å². The molecule has 1 heterocycles. The van der Waals surface area contributed by atoms with Crippen molar-refractivity contribution in [3.8, 4) is 0 Å². The third kappa shape index (κ3) is 2.94. The lowest BCUT2D eigenvalue weighted by molar-refractivity contribution is -0.107. The highest BCUT2D eigenvalue weighted by molar-refractivity contribution is 7.97. The van der Waals surface area contributed by atoms with E-state index in [1.807, 2.05) is 20.8 Å². The molecule has 2 rings (SSSR count). The first kappa shape index (κ1) is 16.7. The summed E-state index contributed by atoms with van der Waals surface area (Å²) in [5.74, 6) is 5.70. The number of nitrogens with two attached hydrogens (primary N) is 1. The van der Waals surface area contributed by atoms with Crippen LogP contribution in [0.1, 0.15) is 32.8 Å². The molecule has 1 aliphatic rings. The van der Waals surface area contributed by atoms with Gasteiger partial charge in [0.1, 0.15) is 12.0 Å². The summed E-state index contributed by atoms with van der Waals surface area (Å²) in [5, 5.41) is 0.868. The maximum atomic E-state index is 14.2. The Labute approximate surface area is 135 Å². The highest BCUT2D eigenvalue weighted by atomic mass is 32.1. The first-order chi connectivity index (χ1) is 10.4. The van der Waals surface area contributed by atoms with E-state index >= 15 is 0 Å². The van der Waals surface area contributed by atoms with Crippen LogP contribution in [0, 0.1) is 11.7 Å². The first-order valence-electron chi connectivity index (χ1n) is 7.22. The van der Waals surface area contributed by atoms with E-state index < -0.39 is 10.9 Å². The van der Waals surface area contributed by atoms with Gasteiger partial charge in [0.25, 0.3) is 0 Å². The highest BCUT2D eigenvalue weighted by Crippen LogP contribution is 2.33. The zero-order valence-electron chi connectivity index (χ0n) is 12.9. The minimum absolute atomic E-state index is 0.0593. The van der Waals surface area contributed by atoms with Gasteiger partial charge in [-0.25, -0.2) is 10.2 Å². The van der Waals surface area contributed by atoms with E-state index in [0.29, 0.717) is 11.4 Å². The van der Waals surface area contributed by atoms with Crippen LogP contribution in [0.3, 0.4) is 0 Å². The Hall–Kier alpha value is -1.66. The standard InChI is InChI=1S/C16H20FN3OS/c1-4-9(2)14-13(16(21)22)15(20(18)10(3)19-14)11-7-5-6-8-12(11)17/h5-10H,4,18H2,1-3H3,(H,21,22). The molecule has 0 saturated heterocycles. The molecule has 0 aromatic heterocycles. The smallest absolute Gasteiger partial charge is 0.220 e. The maximum absolute atomic E-state index is 14.2. The lowest BCUT2D eigenvalue weighted by Gasteiger charge is -2.34. The summed E-state index contributed by atoms with van der Waals surface area (Å²) in [6, 6.07) is 6.25. The van der Waals surface area contributed by atoms with Gasteiger partial charge in [0.2, 0.25) is 5.12 Å². The Morgan fingerprint density at radius 1 is 1.50 bits per heavy atom. The molecule has 2 N–H and O–H groups in total. The van der Waals surface area contributed by atoms with Crippen molar-refractivity contribution in [1.29, 1.82) is 0 Å². The number of hydrazine groups is 1. The molecule has 22 heavy (non-hydrogen) atoms. The molecule has 1 aromatic rings. The van der Waals surface area contributed by atoms with E-state index in [9.17, 15) is 9.18 Å². The van der Waals surface area contributed by atoms with Crippen molar-refractivity contribution in [3.05, 3.63) is 41.2 Å². The van der Waals surface area contributed by atoms with Gasteiger partial charge in [-0.05, 0) is 31.4 Å². The summed E-state index contributed by atoms with van der Waals surface area (Å²) in [4.78, 5) is 16.6. The minimum Gasteiger partial charge on any atom is -0.286 e. The molecule has 4 nitrogen and oxygen atoms in total. The molecule has 1 aliphatic heterocycles. The molecule has 0 radical (unpaired) electrons. The van der Waals surface area contributed by atoms with Crippen LogP contribution in [0.4, 0.5) is 4.39 Å². The number of aliphatic imine (C=N–C) groups is 1. The largest absolute Gasteiger partial charge is 0.286 e. The highest BCUT2D eigenvalue weighted by Gasteiger charge is 2.33. The van der Waals surface area contributed by atoms with E-state index in [4.69, 9.17) is 5.84 Å². The van der Waals surface area contributed by atoms with E-state index in [1.165, 1.54) is 11.1 Å². The van der Waals surface area contributed by atoms with E-state index in [1.54, 1.807) is 18.2 Å². The van der Waals surface area contributed by atoms with Crippen LogP contribution < -0.4 is 5.84 Å². The van der Waals surface area contributed by atoms with Gasteiger partial charge in [0.05, 0.1) is 17.0 Å². The molecule has 0 fully saturated rings. The van der Waals surface area contributed by atoms with Crippen LogP contribution in [-0.4, -0.2) is 22.0 Å². The summed E-state index contributed by atoms with van der Waals surface area (Å²) in [5.41, 5.74) is 1.54. The van der Waals surface area contributed by atoms with Crippen molar-refractivity contribution >= 4 is 29.2 Å². The zero-order valence-corrected chi connectivity index (χ0v) is 13.8. The molecule has 0 saturated carbocycles. The van der Waals surface area contributed by atoms with Crippen LogP contribution in [0.15, 0.2) is 34.8 Å². The average Bonchev–Trinajstić information content (AvgIpc) is 2.49. The van der Waals surface area contributed by atoms with Crippen LogP contribution in [0.5, 0.6) is 0 Å². The van der Waals surface area contributed by atoms with E-state index in [0.717, 1.165) is 6.42 Å². The maximum Gasteiger partial charge on any atom is 0.220 e. The van der Waals surface area contributed by atoms with Crippen LogP contribution in [-0.2, 0) is 4.79 Å². The van der Waals surface area contributed by atoms with Gasteiger partial charge >= 0.3 is 0 Å². The van der Waals surface area contributed by atoms with Gasteiger partial charge in [0, 0.05) is 5.56 Å². The fraction of sp³-hybridized carbons (Fsp3) is 0.375. The van der Waals surface area contributed by atoms with Crippen molar-refractivity contribution < 1.29 is 9.18 Å². The summed E-state index contributed by atoms with van der Waals surface area (Å²) in [6.45, 7) is 5.80. The number of hydrogen-bond acceptors (Lipinski definition) is 4. The normalized spacial score (nSPS) is 20.0. The van der Waals surface area contributed by atoms with Gasteiger partial charge in [-0.15, -0.1) is 12.6 Å². The lowest BCUT2D eigenvalue weighted by Crippen LogP contribution is -2.43. The van der Waals surface area contributed by atoms with Gasteiger partial charge in [-0.1, -0.05) is 26.0 Å². The van der Waals surface area contributed by atoms with Crippen molar-refractivity contribution in [2.45, 2.75) is 33.4 Å². The third-order valence-corrected chi connectivity index (χ3v) is 4.13. The number of hydrogen-bond donors (Lipinski definition) is 2. The van der Waals surface area contributed by atoms with Gasteiger partial charge < -0.3 is 0 Å². The molecule has 0 aliphatic carbocycles. The Balaban J connectivity index is 2.74. The molecule has 2 unspecified atom stereocenters. The minimum atomic E-state index is -0.459. The third-order valence-electron chi connectivity index (χ3n) is 3.90. The van der Waals surface area contributed by atoms with Crippen LogP contribution in [0.25, 0.3) is 5.70 Å². The predicted octanol–water partition coefficient (Wildman–Crippen LogP) is 3.02. The summed E-state index contributed by atoms with van der Waals surface area (Å²) >= 11 is 3.97. The summed E-state index contributed by atoms with van der Waals surface area (Å²) in [7, 11) is 0. The summed E-state index contributed by atoms with van der Waals surface area (Å²) < 4.78 is 14.2. The molecule has 2 atom stereocenters. The predicted molar refractivity (Wildman–Crippen MR) is 89.7 cm³/mol. The molecule has 0 bridgehead atoms. The molecule has 6 heteroatoms. The second-order valence-corrected chi connectivity index (χ2v) is 5.78. The molecule has 0 amide bonds. The van der Waals surface area contributed by atoms with Crippen molar-refractivity contribution in [1.82, 2.24) is 5.01 Å². The lowest BCUT2D eigenvalue weighted by atomic mass is 9.91. The quantitative estimate of drug-likeness (QED) is 0.662. The van der Waals surface area contributed by atoms with Gasteiger partial charge in [0.15, 0.2) is 0 Å². The fourth-order valence-corrected chi connectivity index (χ4v) is 2.69. The second kappa shape index (κ2) is 6.62. The number of rotatable bonds is 4. The average molecular weight is 321 g/mol. The van der Waals surface area contributed by atoms with Gasteiger partial charge in [-0.2, -0.15) is 0 Å². The van der Waals surface area contributed by atoms with Crippen molar-refractivity contribution in [2.75, 3.05) is 0 Å². The van der Waals surface area contributed by atoms with Gasteiger partial charge in [-0.3, -0.25) is 14.8 Å². The number of benzene rings is 1. The number of halogens is 1. The molecule has 118 valence electrons. The van der Waals surface area contributed by atoms with Crippen molar-refractivity contribution in [2.24, 2.45) is 16.8 Å². The number of nitrogens with zero attached hydrogens (tertiary/aromatic N) is 2. The topological polar surface area (TPSA) is 58.7 Å². The summed E-state index contributed by atoms with van der Waals surface area (Å²) in [6.07, 6.45) is 0.431. The van der Waals surface area contributed by atoms with E-state index in [-0.39, 0.29) is 23.2 Å². The number of thiol groups is 1. The number of carbonyl (C=O) groups is 1. The molecular weight excluding hydrogens is 301 g/mol. The second-order valence-electron chi connectivity index (χ2n) is 5.37. The SMILES string of the molecule is CCC(C)C1=NC(C)N(N)C(c2ccccc2F)=C1C(=O)S. The van der Waals surface area contributed by atoms with E-state index in [2.05, 4.69) is 17.6 Å². The fourth-order valence-electron chi connectivity index (χ4n) is 2.47. The molecule has 1 aromatic carbocycles. The Kier molecular flexibility index (Phi) is 5.03. The number of carbonyl (C=O) groups excluding carboxylic acids is 1. The molecular formula is C16H20FN3OS. The monoisotopic (exact) mass is 321 g/mol. The Bertz CT molecular complexity index is 657. The van der Waals surface area contributed by atoms with Crippen LogP contribution >= 0.6 is 12.6 Å². The zero-order chi connectivity index (χ0) is 16.4. The Morgan fingerprint density at radius 3 is 2.68 bits per heavy atom. The Morgan fingerprint density at radius 2 is 2.14 bits per heavy atom. The van der Waals surface area contributed by atoms with Crippen molar-refractivity contribution in [3.63, 3.8) is 0 Å².